The number of ether oxygens (including phenoxy) is 4. The molecule has 6 heteroatoms. The first-order chi connectivity index (χ1) is 9.86. The molecule has 4 nitrogen and oxygen atoms in total. The third-order valence-electron chi connectivity index (χ3n) is 2.24. The molecule has 0 atom stereocenters. The van der Waals surface area contributed by atoms with Gasteiger partial charge in [0.25, 0.3) is 0 Å². The zero-order valence-corrected chi connectivity index (χ0v) is 12.9. The lowest BCUT2D eigenvalue weighted by Gasteiger charge is -2.09. The normalized spacial score (nSPS) is 10.5. The maximum Gasteiger partial charge on any atom is 0.123 e. The minimum atomic E-state index is 0.485. The molecule has 0 spiro atoms. The molecule has 1 aromatic carbocycles. The maximum atomic E-state index is 5.54. The van der Waals surface area contributed by atoms with E-state index in [1.807, 2.05) is 24.3 Å². The van der Waals surface area contributed by atoms with Gasteiger partial charge in [-0.2, -0.15) is 0 Å². The van der Waals surface area contributed by atoms with Gasteiger partial charge in [0.2, 0.25) is 0 Å². The number of halogens is 2. The quantitative estimate of drug-likeness (QED) is 0.438. The molecule has 0 fully saturated rings. The van der Waals surface area contributed by atoms with E-state index in [1.54, 1.807) is 0 Å². The Kier molecular flexibility index (Phi) is 10.5. The van der Waals surface area contributed by atoms with Crippen LogP contribution in [0.15, 0.2) is 24.3 Å². The molecule has 0 aliphatic carbocycles. The predicted molar refractivity (Wildman–Crippen MR) is 80.5 cm³/mol. The molecular formula is C14H20Cl2O4. The first-order valence-corrected chi connectivity index (χ1v) is 7.57. The summed E-state index contributed by atoms with van der Waals surface area (Å²) in [6.07, 6.45) is 0. The van der Waals surface area contributed by atoms with E-state index in [4.69, 9.17) is 42.1 Å². The van der Waals surface area contributed by atoms with Crippen molar-refractivity contribution in [2.24, 2.45) is 0 Å². The van der Waals surface area contributed by atoms with Gasteiger partial charge < -0.3 is 18.9 Å². The first-order valence-electron chi connectivity index (χ1n) is 6.50. The Balaban J connectivity index is 2.19. The van der Waals surface area contributed by atoms with Crippen LogP contribution in [0.5, 0.6) is 11.5 Å². The van der Waals surface area contributed by atoms with E-state index >= 15 is 0 Å². The second kappa shape index (κ2) is 12.1. The SMILES string of the molecule is ClCCOCCOc1cccc(OCCOCCCl)c1. The van der Waals surface area contributed by atoms with Gasteiger partial charge in [0.1, 0.15) is 24.7 Å². The van der Waals surface area contributed by atoms with Gasteiger partial charge >= 0.3 is 0 Å². The van der Waals surface area contributed by atoms with Crippen LogP contribution >= 0.6 is 23.2 Å². The Labute approximate surface area is 129 Å². The van der Waals surface area contributed by atoms with Gasteiger partial charge in [-0.15, -0.1) is 23.2 Å². The molecule has 0 heterocycles. The summed E-state index contributed by atoms with van der Waals surface area (Å²) in [5.74, 6) is 2.49. The molecule has 0 unspecified atom stereocenters. The highest BCUT2D eigenvalue weighted by molar-refractivity contribution is 6.18. The molecule has 0 bridgehead atoms. The van der Waals surface area contributed by atoms with Crippen molar-refractivity contribution in [3.8, 4) is 11.5 Å². The minimum absolute atomic E-state index is 0.485. The fourth-order valence-electron chi connectivity index (χ4n) is 1.40. The third kappa shape index (κ3) is 8.48. The van der Waals surface area contributed by atoms with E-state index in [9.17, 15) is 0 Å². The number of benzene rings is 1. The molecule has 0 N–H and O–H groups in total. The molecule has 0 aromatic heterocycles. The van der Waals surface area contributed by atoms with Crippen LogP contribution in [0.25, 0.3) is 0 Å². The lowest BCUT2D eigenvalue weighted by Crippen LogP contribution is -2.09. The average Bonchev–Trinajstić information content (AvgIpc) is 2.47. The summed E-state index contributed by atoms with van der Waals surface area (Å²) in [7, 11) is 0. The van der Waals surface area contributed by atoms with Gasteiger partial charge in [0.05, 0.1) is 26.4 Å². The molecule has 0 saturated carbocycles. The third-order valence-corrected chi connectivity index (χ3v) is 2.55. The van der Waals surface area contributed by atoms with Gasteiger partial charge in [0, 0.05) is 17.8 Å². The van der Waals surface area contributed by atoms with Crippen LogP contribution in [-0.4, -0.2) is 51.4 Å². The Morgan fingerprint density at radius 3 is 1.65 bits per heavy atom. The number of hydrogen-bond donors (Lipinski definition) is 0. The van der Waals surface area contributed by atoms with Crippen LogP contribution in [0.4, 0.5) is 0 Å². The zero-order valence-electron chi connectivity index (χ0n) is 11.4. The van der Waals surface area contributed by atoms with Gasteiger partial charge in [-0.3, -0.25) is 0 Å². The first kappa shape index (κ1) is 17.4. The molecule has 0 amide bonds. The molecule has 1 aromatic rings. The summed E-state index contributed by atoms with van der Waals surface area (Å²) in [5.41, 5.74) is 0. The molecule has 1 rings (SSSR count). The Hall–Kier alpha value is -0.680. The van der Waals surface area contributed by atoms with Crippen molar-refractivity contribution in [3.63, 3.8) is 0 Å². The highest BCUT2D eigenvalue weighted by Gasteiger charge is 1.98. The van der Waals surface area contributed by atoms with Crippen LogP contribution in [-0.2, 0) is 9.47 Å². The van der Waals surface area contributed by atoms with Crippen molar-refractivity contribution in [1.82, 2.24) is 0 Å². The van der Waals surface area contributed by atoms with Crippen LogP contribution in [0.2, 0.25) is 0 Å². The summed E-state index contributed by atoms with van der Waals surface area (Å²) >= 11 is 11.0. The van der Waals surface area contributed by atoms with Gasteiger partial charge in [-0.1, -0.05) is 6.07 Å². The van der Waals surface area contributed by atoms with E-state index in [2.05, 4.69) is 0 Å². The fraction of sp³-hybridized carbons (Fsp3) is 0.571. The maximum absolute atomic E-state index is 5.54. The van der Waals surface area contributed by atoms with Crippen molar-refractivity contribution < 1.29 is 18.9 Å². The van der Waals surface area contributed by atoms with Crippen molar-refractivity contribution in [1.29, 1.82) is 0 Å². The van der Waals surface area contributed by atoms with Crippen molar-refractivity contribution in [2.75, 3.05) is 51.4 Å². The summed E-state index contributed by atoms with van der Waals surface area (Å²) < 4.78 is 21.5. The summed E-state index contributed by atoms with van der Waals surface area (Å²) in [6.45, 7) is 3.08. The topological polar surface area (TPSA) is 36.9 Å². The number of rotatable bonds is 12. The van der Waals surface area contributed by atoms with Crippen LogP contribution in [0.1, 0.15) is 0 Å². The minimum Gasteiger partial charge on any atom is -0.491 e. The number of alkyl halides is 2. The predicted octanol–water partition coefficient (Wildman–Crippen LogP) is 2.96. The largest absolute Gasteiger partial charge is 0.491 e. The lowest BCUT2D eigenvalue weighted by molar-refractivity contribution is 0.109. The van der Waals surface area contributed by atoms with Crippen LogP contribution in [0.3, 0.4) is 0 Å². The number of hydrogen-bond acceptors (Lipinski definition) is 4. The van der Waals surface area contributed by atoms with Crippen molar-refractivity contribution in [3.05, 3.63) is 24.3 Å². The van der Waals surface area contributed by atoms with Crippen molar-refractivity contribution >= 4 is 23.2 Å². The highest BCUT2D eigenvalue weighted by atomic mass is 35.5. The summed E-state index contributed by atoms with van der Waals surface area (Å²) in [4.78, 5) is 0. The average molecular weight is 323 g/mol. The van der Waals surface area contributed by atoms with Crippen molar-refractivity contribution in [2.45, 2.75) is 0 Å². The molecule has 0 radical (unpaired) electrons. The van der Waals surface area contributed by atoms with Crippen LogP contribution in [0, 0.1) is 0 Å². The molecular weight excluding hydrogens is 303 g/mol. The molecule has 0 aliphatic heterocycles. The van der Waals surface area contributed by atoms with E-state index in [0.717, 1.165) is 11.5 Å². The zero-order chi connectivity index (χ0) is 14.5. The van der Waals surface area contributed by atoms with E-state index in [1.165, 1.54) is 0 Å². The second-order valence-corrected chi connectivity index (χ2v) is 4.53. The Morgan fingerprint density at radius 1 is 0.700 bits per heavy atom. The van der Waals surface area contributed by atoms with Gasteiger partial charge in [-0.05, 0) is 12.1 Å². The van der Waals surface area contributed by atoms with E-state index in [-0.39, 0.29) is 0 Å². The monoisotopic (exact) mass is 322 g/mol. The summed E-state index contributed by atoms with van der Waals surface area (Å²) in [5, 5.41) is 0. The Bertz CT molecular complexity index is 320. The van der Waals surface area contributed by atoms with Crippen LogP contribution < -0.4 is 9.47 Å². The molecule has 114 valence electrons. The summed E-state index contributed by atoms with van der Waals surface area (Å²) in [6, 6.07) is 7.46. The molecule has 0 aliphatic rings. The standard InChI is InChI=1S/C14H20Cl2O4/c15-4-6-17-8-10-19-13-2-1-3-14(12-13)20-11-9-18-7-5-16/h1-3,12H,4-11H2. The van der Waals surface area contributed by atoms with Gasteiger partial charge in [-0.25, -0.2) is 0 Å². The Morgan fingerprint density at radius 2 is 1.20 bits per heavy atom. The second-order valence-electron chi connectivity index (χ2n) is 3.77. The molecule has 0 saturated heterocycles. The lowest BCUT2D eigenvalue weighted by atomic mass is 10.3. The van der Waals surface area contributed by atoms with E-state index < -0.39 is 0 Å². The highest BCUT2D eigenvalue weighted by Crippen LogP contribution is 2.19. The smallest absolute Gasteiger partial charge is 0.123 e. The van der Waals surface area contributed by atoms with Gasteiger partial charge in [0.15, 0.2) is 0 Å². The fourth-order valence-corrected chi connectivity index (χ4v) is 1.62. The molecule has 20 heavy (non-hydrogen) atoms. The van der Waals surface area contributed by atoms with E-state index in [0.29, 0.717) is 51.4 Å².